The molecule has 2 aromatic rings. The molecule has 3 rings (SSSR count). The van der Waals surface area contributed by atoms with Gasteiger partial charge in [-0.05, 0) is 56.2 Å². The molecule has 1 aliphatic heterocycles. The first kappa shape index (κ1) is 19.8. The maximum atomic E-state index is 12.5. The fraction of sp³-hybridized carbons (Fsp3) is 0.333. The molecule has 1 fully saturated rings. The average Bonchev–Trinajstić information content (AvgIpc) is 3.03. The van der Waals surface area contributed by atoms with Crippen LogP contribution >= 0.6 is 23.4 Å². The molecule has 27 heavy (non-hydrogen) atoms. The molecule has 0 aliphatic carbocycles. The summed E-state index contributed by atoms with van der Waals surface area (Å²) in [7, 11) is 0. The Morgan fingerprint density at radius 1 is 1.26 bits per heavy atom. The largest absolute Gasteiger partial charge is 0.326 e. The second-order valence-corrected chi connectivity index (χ2v) is 8.70. The van der Waals surface area contributed by atoms with Crippen LogP contribution in [0.1, 0.15) is 30.3 Å². The summed E-state index contributed by atoms with van der Waals surface area (Å²) >= 11 is 7.48. The summed E-state index contributed by atoms with van der Waals surface area (Å²) in [5.74, 6) is 0.707. The van der Waals surface area contributed by atoms with Gasteiger partial charge in [0.2, 0.25) is 11.8 Å². The molecule has 2 aromatic carbocycles. The summed E-state index contributed by atoms with van der Waals surface area (Å²) in [6, 6.07) is 15.6. The predicted octanol–water partition coefficient (Wildman–Crippen LogP) is 4.98. The quantitative estimate of drug-likeness (QED) is 0.717. The summed E-state index contributed by atoms with van der Waals surface area (Å²) in [6.07, 6.45) is 0. The normalized spacial score (nSPS) is 17.3. The van der Waals surface area contributed by atoms with E-state index in [0.29, 0.717) is 5.75 Å². The first-order chi connectivity index (χ1) is 12.8. The first-order valence-corrected chi connectivity index (χ1v) is 10.4. The molecule has 1 saturated heterocycles. The fourth-order valence-electron chi connectivity index (χ4n) is 2.82. The lowest BCUT2D eigenvalue weighted by Gasteiger charge is -2.25. The Balaban J connectivity index is 1.80. The maximum absolute atomic E-state index is 12.5. The second-order valence-electron chi connectivity index (χ2n) is 7.36. The van der Waals surface area contributed by atoms with Crippen LogP contribution in [-0.2, 0) is 9.59 Å². The molecule has 1 aliphatic rings. The van der Waals surface area contributed by atoms with Crippen molar-refractivity contribution in [1.82, 2.24) is 0 Å². The molecule has 1 atom stereocenters. The first-order valence-electron chi connectivity index (χ1n) is 8.79. The third-order valence-electron chi connectivity index (χ3n) is 4.55. The highest BCUT2D eigenvalue weighted by Crippen LogP contribution is 2.42. The summed E-state index contributed by atoms with van der Waals surface area (Å²) in [4.78, 5) is 26.6. The van der Waals surface area contributed by atoms with Crippen molar-refractivity contribution in [2.75, 3.05) is 21.8 Å². The lowest BCUT2D eigenvalue weighted by atomic mass is 9.95. The average molecular weight is 403 g/mol. The van der Waals surface area contributed by atoms with Crippen molar-refractivity contribution >= 4 is 46.6 Å². The number of thioether (sulfide) groups is 1. The Kier molecular flexibility index (Phi) is 5.82. The van der Waals surface area contributed by atoms with Crippen LogP contribution in [0, 0.1) is 12.3 Å². The number of amides is 2. The van der Waals surface area contributed by atoms with Crippen molar-refractivity contribution in [3.8, 4) is 0 Å². The van der Waals surface area contributed by atoms with Crippen molar-refractivity contribution in [2.45, 2.75) is 26.1 Å². The maximum Gasteiger partial charge on any atom is 0.238 e. The van der Waals surface area contributed by atoms with Crippen molar-refractivity contribution in [3.63, 3.8) is 0 Å². The number of rotatable bonds is 5. The van der Waals surface area contributed by atoms with Crippen LogP contribution in [0.2, 0.25) is 0 Å². The number of hydrogen-bond donors (Lipinski definition) is 1. The smallest absolute Gasteiger partial charge is 0.238 e. The van der Waals surface area contributed by atoms with Gasteiger partial charge in [0.25, 0.3) is 0 Å². The van der Waals surface area contributed by atoms with Crippen molar-refractivity contribution in [3.05, 3.63) is 59.7 Å². The van der Waals surface area contributed by atoms with Crippen LogP contribution in [0.15, 0.2) is 48.5 Å². The molecule has 0 unspecified atom stereocenters. The number of hydrogen-bond acceptors (Lipinski definition) is 3. The molecule has 0 aromatic heterocycles. The fourth-order valence-corrected chi connectivity index (χ4v) is 4.12. The van der Waals surface area contributed by atoms with Crippen LogP contribution in [-0.4, -0.2) is 23.4 Å². The summed E-state index contributed by atoms with van der Waals surface area (Å²) in [5.41, 5.74) is 3.16. The number of nitrogens with zero attached hydrogens (tertiary/aromatic N) is 1. The van der Waals surface area contributed by atoms with Gasteiger partial charge in [-0.1, -0.05) is 24.3 Å². The Bertz CT molecular complexity index is 852. The van der Waals surface area contributed by atoms with Gasteiger partial charge in [-0.15, -0.1) is 23.4 Å². The summed E-state index contributed by atoms with van der Waals surface area (Å²) < 4.78 is 0. The van der Waals surface area contributed by atoms with Gasteiger partial charge in [-0.25, -0.2) is 0 Å². The number of halogens is 1. The number of aryl methyl sites for hydroxylation is 1. The lowest BCUT2D eigenvalue weighted by molar-refractivity contribution is -0.123. The van der Waals surface area contributed by atoms with E-state index >= 15 is 0 Å². The molecule has 0 radical (unpaired) electrons. The molecule has 6 heteroatoms. The minimum absolute atomic E-state index is 0.0664. The standard InChI is InChI=1S/C21H23ClN2O2S/c1-14-5-4-6-17(11-14)24-18(25)12-27-19(24)15-7-9-16(10-8-15)23-20(26)21(2,3)13-22/h4-11,19H,12-13H2,1-3H3,(H,23,26)/t19-/m0/s1. The molecule has 1 N–H and O–H groups in total. The van der Waals surface area contributed by atoms with Crippen LogP contribution in [0.25, 0.3) is 0 Å². The van der Waals surface area contributed by atoms with E-state index in [9.17, 15) is 9.59 Å². The summed E-state index contributed by atoms with van der Waals surface area (Å²) in [5, 5.41) is 2.83. The highest BCUT2D eigenvalue weighted by molar-refractivity contribution is 8.00. The van der Waals surface area contributed by atoms with E-state index in [0.717, 1.165) is 22.5 Å². The van der Waals surface area contributed by atoms with Crippen LogP contribution in [0.5, 0.6) is 0 Å². The SMILES string of the molecule is Cc1cccc(N2C(=O)CS[C@H]2c2ccc(NC(=O)C(C)(C)CCl)cc2)c1. The van der Waals surface area contributed by atoms with Gasteiger partial charge in [-0.2, -0.15) is 0 Å². The van der Waals surface area contributed by atoms with E-state index in [-0.39, 0.29) is 23.1 Å². The third kappa shape index (κ3) is 4.30. The lowest BCUT2D eigenvalue weighted by Crippen LogP contribution is -2.32. The van der Waals surface area contributed by atoms with E-state index in [1.54, 1.807) is 11.8 Å². The molecule has 142 valence electrons. The number of carbonyl (C=O) groups excluding carboxylic acids is 2. The molecule has 1 heterocycles. The van der Waals surface area contributed by atoms with E-state index in [4.69, 9.17) is 11.6 Å². The number of benzene rings is 2. The van der Waals surface area contributed by atoms with Gasteiger partial charge in [0.1, 0.15) is 5.37 Å². The Hall–Kier alpha value is -1.98. The highest BCUT2D eigenvalue weighted by Gasteiger charge is 2.34. The summed E-state index contributed by atoms with van der Waals surface area (Å²) in [6.45, 7) is 5.64. The number of nitrogens with one attached hydrogen (secondary N) is 1. The zero-order valence-corrected chi connectivity index (χ0v) is 17.2. The second kappa shape index (κ2) is 7.95. The zero-order valence-electron chi connectivity index (χ0n) is 15.7. The van der Waals surface area contributed by atoms with Crippen molar-refractivity contribution in [1.29, 1.82) is 0 Å². The van der Waals surface area contributed by atoms with E-state index in [2.05, 4.69) is 5.32 Å². The van der Waals surface area contributed by atoms with Gasteiger partial charge >= 0.3 is 0 Å². The molecular formula is C21H23ClN2O2S. The van der Waals surface area contributed by atoms with Gasteiger partial charge in [0, 0.05) is 17.3 Å². The molecular weight excluding hydrogens is 380 g/mol. The number of alkyl halides is 1. The Morgan fingerprint density at radius 2 is 1.96 bits per heavy atom. The monoisotopic (exact) mass is 402 g/mol. The Morgan fingerprint density at radius 3 is 2.59 bits per heavy atom. The minimum Gasteiger partial charge on any atom is -0.326 e. The molecule has 4 nitrogen and oxygen atoms in total. The van der Waals surface area contributed by atoms with E-state index < -0.39 is 5.41 Å². The third-order valence-corrected chi connectivity index (χ3v) is 6.43. The Labute approximate surface area is 169 Å². The van der Waals surface area contributed by atoms with E-state index in [1.165, 1.54) is 0 Å². The minimum atomic E-state index is -0.629. The topological polar surface area (TPSA) is 49.4 Å². The zero-order chi connectivity index (χ0) is 19.6. The van der Waals surface area contributed by atoms with Crippen molar-refractivity contribution in [2.24, 2.45) is 5.41 Å². The van der Waals surface area contributed by atoms with Crippen LogP contribution in [0.4, 0.5) is 11.4 Å². The van der Waals surface area contributed by atoms with E-state index in [1.807, 2.05) is 74.2 Å². The van der Waals surface area contributed by atoms with Gasteiger partial charge in [-0.3, -0.25) is 14.5 Å². The van der Waals surface area contributed by atoms with Gasteiger partial charge in [0.15, 0.2) is 0 Å². The highest BCUT2D eigenvalue weighted by atomic mass is 35.5. The van der Waals surface area contributed by atoms with Crippen LogP contribution < -0.4 is 10.2 Å². The van der Waals surface area contributed by atoms with Gasteiger partial charge in [0.05, 0.1) is 11.2 Å². The molecule has 0 spiro atoms. The number of carbonyl (C=O) groups is 2. The molecule has 2 amide bonds. The predicted molar refractivity (Wildman–Crippen MR) is 113 cm³/mol. The molecule has 0 saturated carbocycles. The van der Waals surface area contributed by atoms with Gasteiger partial charge < -0.3 is 5.32 Å². The number of anilines is 2. The molecule has 0 bridgehead atoms. The van der Waals surface area contributed by atoms with Crippen molar-refractivity contribution < 1.29 is 9.59 Å². The van der Waals surface area contributed by atoms with Crippen LogP contribution in [0.3, 0.4) is 0 Å².